The number of amides is 5. The number of nitrogens with two attached hydrogens (primary N) is 1. The Morgan fingerprint density at radius 2 is 1.68 bits per heavy atom. The lowest BCUT2D eigenvalue weighted by Crippen LogP contribution is -2.59. The molecular weight excluding hydrogens is 562 g/mol. The molecular formula is C33H43N5O6. The van der Waals surface area contributed by atoms with Crippen molar-refractivity contribution in [3.63, 3.8) is 0 Å². The Morgan fingerprint density at radius 1 is 0.955 bits per heavy atom. The highest BCUT2D eigenvalue weighted by Crippen LogP contribution is 2.31. The second kappa shape index (κ2) is 15.9. The summed E-state index contributed by atoms with van der Waals surface area (Å²) in [7, 11) is 0. The van der Waals surface area contributed by atoms with Gasteiger partial charge >= 0.3 is 6.09 Å². The first-order valence-corrected chi connectivity index (χ1v) is 15.4. The van der Waals surface area contributed by atoms with Crippen LogP contribution in [0.3, 0.4) is 0 Å². The molecule has 2 saturated heterocycles. The Labute approximate surface area is 258 Å². The molecule has 2 heterocycles. The van der Waals surface area contributed by atoms with Gasteiger partial charge in [0.1, 0.15) is 24.7 Å². The van der Waals surface area contributed by atoms with Crippen molar-refractivity contribution >= 4 is 29.7 Å². The molecule has 11 heteroatoms. The molecule has 4 rings (SSSR count). The molecule has 2 aromatic rings. The third-order valence-corrected chi connectivity index (χ3v) is 8.24. The van der Waals surface area contributed by atoms with E-state index in [9.17, 15) is 24.0 Å². The SMILES string of the molecule is Cc1ccc(CC(NC(=O)OCc2ccccc2)C(=O)NC2CCCCC3CCC(C(=O)NCCCC(N)=O)N3C2=O)cc1. The third-order valence-electron chi connectivity index (χ3n) is 8.24. The van der Waals surface area contributed by atoms with E-state index in [1.165, 1.54) is 0 Å². The number of rotatable bonds is 12. The number of benzene rings is 2. The van der Waals surface area contributed by atoms with Crippen LogP contribution in [0.25, 0.3) is 0 Å². The molecule has 0 aliphatic carbocycles. The van der Waals surface area contributed by atoms with Crippen LogP contribution in [0.5, 0.6) is 0 Å². The van der Waals surface area contributed by atoms with Gasteiger partial charge in [0.15, 0.2) is 0 Å². The molecule has 2 aliphatic heterocycles. The zero-order valence-corrected chi connectivity index (χ0v) is 25.3. The molecule has 236 valence electrons. The van der Waals surface area contributed by atoms with E-state index in [2.05, 4.69) is 16.0 Å². The lowest BCUT2D eigenvalue weighted by molar-refractivity contribution is -0.144. The van der Waals surface area contributed by atoms with E-state index in [-0.39, 0.29) is 43.8 Å². The van der Waals surface area contributed by atoms with E-state index < -0.39 is 36.0 Å². The summed E-state index contributed by atoms with van der Waals surface area (Å²) in [4.78, 5) is 66.1. The smallest absolute Gasteiger partial charge is 0.408 e. The van der Waals surface area contributed by atoms with Crippen LogP contribution in [0.15, 0.2) is 54.6 Å². The highest BCUT2D eigenvalue weighted by atomic mass is 16.5. The molecule has 5 amide bonds. The maximum absolute atomic E-state index is 13.9. The van der Waals surface area contributed by atoms with Gasteiger partial charge in [0.25, 0.3) is 0 Å². The first-order chi connectivity index (χ1) is 21.2. The van der Waals surface area contributed by atoms with Gasteiger partial charge < -0.3 is 31.3 Å². The number of alkyl carbamates (subject to hydrolysis) is 1. The molecule has 4 atom stereocenters. The van der Waals surface area contributed by atoms with Crippen LogP contribution in [0.4, 0.5) is 4.79 Å². The third kappa shape index (κ3) is 9.29. The van der Waals surface area contributed by atoms with Crippen LogP contribution in [-0.4, -0.2) is 65.3 Å². The van der Waals surface area contributed by atoms with Gasteiger partial charge in [-0.3, -0.25) is 19.2 Å². The van der Waals surface area contributed by atoms with Gasteiger partial charge in [-0.25, -0.2) is 4.79 Å². The number of primary amides is 1. The zero-order chi connectivity index (χ0) is 31.5. The van der Waals surface area contributed by atoms with E-state index in [0.717, 1.165) is 36.0 Å². The lowest BCUT2D eigenvalue weighted by atomic mass is 9.98. The molecule has 2 aliphatic rings. The fraction of sp³-hybridized carbons (Fsp3) is 0.485. The van der Waals surface area contributed by atoms with Crippen LogP contribution >= 0.6 is 0 Å². The summed E-state index contributed by atoms with van der Waals surface area (Å²) in [6, 6.07) is 14.3. The van der Waals surface area contributed by atoms with Crippen molar-refractivity contribution in [2.24, 2.45) is 5.73 Å². The monoisotopic (exact) mass is 605 g/mol. The van der Waals surface area contributed by atoms with E-state index in [4.69, 9.17) is 10.5 Å². The Morgan fingerprint density at radius 3 is 2.41 bits per heavy atom. The van der Waals surface area contributed by atoms with Gasteiger partial charge in [0.05, 0.1) is 0 Å². The minimum Gasteiger partial charge on any atom is -0.445 e. The highest BCUT2D eigenvalue weighted by molar-refractivity contribution is 5.94. The summed E-state index contributed by atoms with van der Waals surface area (Å²) in [6.45, 7) is 2.31. The molecule has 2 aromatic carbocycles. The van der Waals surface area contributed by atoms with E-state index >= 15 is 0 Å². The highest BCUT2D eigenvalue weighted by Gasteiger charge is 2.44. The molecule has 0 bridgehead atoms. The van der Waals surface area contributed by atoms with Crippen LogP contribution in [0.2, 0.25) is 0 Å². The van der Waals surface area contributed by atoms with Crippen LogP contribution in [-0.2, 0) is 36.9 Å². The molecule has 11 nitrogen and oxygen atoms in total. The van der Waals surface area contributed by atoms with Gasteiger partial charge in [-0.15, -0.1) is 0 Å². The lowest BCUT2D eigenvalue weighted by Gasteiger charge is -2.35. The van der Waals surface area contributed by atoms with E-state index in [0.29, 0.717) is 25.7 Å². The van der Waals surface area contributed by atoms with Crippen molar-refractivity contribution in [1.82, 2.24) is 20.9 Å². The van der Waals surface area contributed by atoms with Crippen molar-refractivity contribution in [2.75, 3.05) is 6.54 Å². The number of aryl methyl sites for hydroxylation is 1. The van der Waals surface area contributed by atoms with E-state index in [1.54, 1.807) is 4.90 Å². The summed E-state index contributed by atoms with van der Waals surface area (Å²) in [5.41, 5.74) is 7.91. The van der Waals surface area contributed by atoms with Gasteiger partial charge in [-0.2, -0.15) is 0 Å². The number of hydrogen-bond acceptors (Lipinski definition) is 6. The molecule has 5 N–H and O–H groups in total. The summed E-state index contributed by atoms with van der Waals surface area (Å²) >= 11 is 0. The number of carbonyl (C=O) groups is 5. The Bertz CT molecular complexity index is 1300. The number of fused-ring (bicyclic) bond motifs is 1. The van der Waals surface area contributed by atoms with Gasteiger partial charge in [0.2, 0.25) is 23.6 Å². The molecule has 2 fully saturated rings. The summed E-state index contributed by atoms with van der Waals surface area (Å²) in [6.07, 6.45) is 4.13. The van der Waals surface area contributed by atoms with Crippen molar-refractivity contribution in [2.45, 2.75) is 95.5 Å². The van der Waals surface area contributed by atoms with Crippen LogP contribution in [0, 0.1) is 6.92 Å². The number of nitrogens with zero attached hydrogens (tertiary/aromatic N) is 1. The second-order valence-corrected chi connectivity index (χ2v) is 11.6. The topological polar surface area (TPSA) is 160 Å². The molecule has 4 unspecified atom stereocenters. The number of nitrogens with one attached hydrogen (secondary N) is 3. The van der Waals surface area contributed by atoms with Gasteiger partial charge in [0, 0.05) is 25.4 Å². The first kappa shape index (κ1) is 32.5. The second-order valence-electron chi connectivity index (χ2n) is 11.6. The molecule has 0 radical (unpaired) electrons. The maximum Gasteiger partial charge on any atom is 0.408 e. The quantitative estimate of drug-likeness (QED) is 0.272. The van der Waals surface area contributed by atoms with Crippen molar-refractivity contribution in [3.8, 4) is 0 Å². The molecule has 0 aromatic heterocycles. The Hall–Kier alpha value is -4.41. The normalized spacial score (nSPS) is 20.4. The minimum atomic E-state index is -0.988. The summed E-state index contributed by atoms with van der Waals surface area (Å²) in [5, 5.41) is 8.43. The number of hydrogen-bond donors (Lipinski definition) is 4. The number of carbonyl (C=O) groups excluding carboxylic acids is 5. The molecule has 44 heavy (non-hydrogen) atoms. The van der Waals surface area contributed by atoms with Crippen molar-refractivity contribution in [1.29, 1.82) is 0 Å². The standard InChI is InChI=1S/C33H43N5O6/c1-22-13-15-23(16-14-22)20-27(37-33(43)44-21-24-8-3-2-4-9-24)30(40)36-26-11-6-5-10-25-17-18-28(38(25)32(26)42)31(41)35-19-7-12-29(34)39/h2-4,8-9,13-16,25-28H,5-7,10-12,17-21H2,1H3,(H2,34,39)(H,35,41)(H,36,40)(H,37,43). The van der Waals surface area contributed by atoms with E-state index in [1.807, 2.05) is 61.5 Å². The predicted octanol–water partition coefficient (Wildman–Crippen LogP) is 2.63. The Balaban J connectivity index is 1.44. The minimum absolute atomic E-state index is 0.0506. The molecule has 0 spiro atoms. The van der Waals surface area contributed by atoms with Crippen molar-refractivity contribution < 1.29 is 28.7 Å². The maximum atomic E-state index is 13.9. The summed E-state index contributed by atoms with van der Waals surface area (Å²) in [5.74, 6) is -1.49. The Kier molecular flexibility index (Phi) is 11.7. The van der Waals surface area contributed by atoms with Gasteiger partial charge in [-0.1, -0.05) is 73.0 Å². The zero-order valence-electron chi connectivity index (χ0n) is 25.3. The average molecular weight is 606 g/mol. The fourth-order valence-corrected chi connectivity index (χ4v) is 5.86. The summed E-state index contributed by atoms with van der Waals surface area (Å²) < 4.78 is 5.39. The number of ether oxygens (including phenoxy) is 1. The fourth-order valence-electron chi connectivity index (χ4n) is 5.86. The first-order valence-electron chi connectivity index (χ1n) is 15.4. The largest absolute Gasteiger partial charge is 0.445 e. The predicted molar refractivity (Wildman–Crippen MR) is 164 cm³/mol. The molecule has 0 saturated carbocycles. The van der Waals surface area contributed by atoms with Gasteiger partial charge in [-0.05, 0) is 50.2 Å². The van der Waals surface area contributed by atoms with Crippen molar-refractivity contribution in [3.05, 3.63) is 71.3 Å². The van der Waals surface area contributed by atoms with Crippen LogP contribution < -0.4 is 21.7 Å². The average Bonchev–Trinajstić information content (AvgIpc) is 3.43. The van der Waals surface area contributed by atoms with Crippen LogP contribution in [0.1, 0.15) is 68.1 Å².